The summed E-state index contributed by atoms with van der Waals surface area (Å²) in [6.07, 6.45) is 8.56. The third kappa shape index (κ3) is 1.17. The first-order valence-corrected chi connectivity index (χ1v) is 6.84. The lowest BCUT2D eigenvalue weighted by Crippen LogP contribution is -2.36. The molecular formula is C15H22O2. The third-order valence-electron chi connectivity index (χ3n) is 5.69. The Bertz CT molecular complexity index is 398. The highest BCUT2D eigenvalue weighted by Gasteiger charge is 2.80. The van der Waals surface area contributed by atoms with Crippen LogP contribution >= 0.6 is 0 Å². The summed E-state index contributed by atoms with van der Waals surface area (Å²) in [7, 11) is 0. The van der Waals surface area contributed by atoms with E-state index in [2.05, 4.69) is 26.8 Å². The number of hydrogen-bond donors (Lipinski definition) is 0. The highest BCUT2D eigenvalue weighted by Crippen LogP contribution is 2.74. The summed E-state index contributed by atoms with van der Waals surface area (Å²) in [6, 6.07) is 0. The summed E-state index contributed by atoms with van der Waals surface area (Å²) in [4.78, 5) is 11.0. The van der Waals surface area contributed by atoms with Crippen molar-refractivity contribution in [3.63, 3.8) is 0 Å². The van der Waals surface area contributed by atoms with Crippen LogP contribution in [0.5, 0.6) is 0 Å². The Balaban J connectivity index is 1.96. The van der Waals surface area contributed by atoms with Gasteiger partial charge in [0.05, 0.1) is 0 Å². The maximum absolute atomic E-state index is 11.0. The van der Waals surface area contributed by atoms with Gasteiger partial charge in [-0.05, 0) is 43.6 Å². The molecule has 2 fully saturated rings. The molecule has 0 aromatic heterocycles. The van der Waals surface area contributed by atoms with Crippen molar-refractivity contribution in [2.75, 3.05) is 0 Å². The standard InChI is InChI=1S/C15H22O2/c1-11(2)14-9-8-13(3)6-4-12(10-16)5-7-15(13,14)17-14/h4,10-11H,5-9H2,1-3H3/t13-,14-,15-/m0/s1. The Labute approximate surface area is 103 Å². The molecule has 0 aromatic rings. The first-order valence-electron chi connectivity index (χ1n) is 6.84. The van der Waals surface area contributed by atoms with E-state index in [1.165, 1.54) is 12.8 Å². The molecule has 3 rings (SSSR count). The first-order chi connectivity index (χ1) is 8.00. The molecule has 1 saturated carbocycles. The number of carbonyl (C=O) groups excluding carboxylic acids is 1. The normalized spacial score (nSPS) is 48.1. The summed E-state index contributed by atoms with van der Waals surface area (Å²) >= 11 is 0. The van der Waals surface area contributed by atoms with Crippen LogP contribution in [0.15, 0.2) is 11.6 Å². The largest absolute Gasteiger partial charge is 0.362 e. The van der Waals surface area contributed by atoms with E-state index in [1.54, 1.807) is 0 Å². The molecule has 0 radical (unpaired) electrons. The Kier molecular flexibility index (Phi) is 2.17. The predicted octanol–water partition coefficient (Wildman–Crippen LogP) is 3.26. The van der Waals surface area contributed by atoms with Crippen molar-refractivity contribution >= 4 is 6.29 Å². The van der Waals surface area contributed by atoms with Crippen LogP contribution in [0.1, 0.15) is 52.9 Å². The molecule has 2 aliphatic carbocycles. The molecule has 3 aliphatic rings. The second-order valence-corrected chi connectivity index (χ2v) is 6.63. The molecule has 17 heavy (non-hydrogen) atoms. The van der Waals surface area contributed by atoms with Crippen molar-refractivity contribution in [1.82, 2.24) is 0 Å². The van der Waals surface area contributed by atoms with Gasteiger partial charge in [0, 0.05) is 5.41 Å². The molecular weight excluding hydrogens is 212 g/mol. The average Bonchev–Trinajstić information content (AvgIpc) is 2.95. The van der Waals surface area contributed by atoms with Crippen molar-refractivity contribution in [2.24, 2.45) is 11.3 Å². The summed E-state index contributed by atoms with van der Waals surface area (Å²) in [5, 5.41) is 0. The Morgan fingerprint density at radius 3 is 2.71 bits per heavy atom. The fourth-order valence-electron chi connectivity index (χ4n) is 4.43. The lowest BCUT2D eigenvalue weighted by Gasteiger charge is -2.30. The van der Waals surface area contributed by atoms with Crippen LogP contribution in [-0.2, 0) is 9.53 Å². The van der Waals surface area contributed by atoms with Crippen molar-refractivity contribution in [1.29, 1.82) is 0 Å². The summed E-state index contributed by atoms with van der Waals surface area (Å²) in [5.41, 5.74) is 1.41. The van der Waals surface area contributed by atoms with Crippen LogP contribution in [-0.4, -0.2) is 17.5 Å². The molecule has 1 heterocycles. The monoisotopic (exact) mass is 234 g/mol. The van der Waals surface area contributed by atoms with Gasteiger partial charge in [-0.2, -0.15) is 0 Å². The smallest absolute Gasteiger partial charge is 0.145 e. The predicted molar refractivity (Wildman–Crippen MR) is 66.7 cm³/mol. The maximum atomic E-state index is 11.0. The van der Waals surface area contributed by atoms with E-state index in [0.717, 1.165) is 31.1 Å². The van der Waals surface area contributed by atoms with Gasteiger partial charge in [0.25, 0.3) is 0 Å². The molecule has 0 bridgehead atoms. The lowest BCUT2D eigenvalue weighted by molar-refractivity contribution is -0.105. The summed E-state index contributed by atoms with van der Waals surface area (Å²) < 4.78 is 6.32. The average molecular weight is 234 g/mol. The zero-order valence-corrected chi connectivity index (χ0v) is 11.1. The van der Waals surface area contributed by atoms with E-state index < -0.39 is 0 Å². The third-order valence-corrected chi connectivity index (χ3v) is 5.69. The van der Waals surface area contributed by atoms with Crippen LogP contribution < -0.4 is 0 Å². The minimum atomic E-state index is 0.0649. The second-order valence-electron chi connectivity index (χ2n) is 6.63. The Morgan fingerprint density at radius 1 is 1.35 bits per heavy atom. The number of rotatable bonds is 2. The van der Waals surface area contributed by atoms with Gasteiger partial charge in [-0.1, -0.05) is 26.8 Å². The molecule has 3 atom stereocenters. The van der Waals surface area contributed by atoms with Crippen molar-refractivity contribution in [2.45, 2.75) is 64.1 Å². The molecule has 0 aromatic carbocycles. The summed E-state index contributed by atoms with van der Waals surface area (Å²) in [6.45, 7) is 6.91. The first kappa shape index (κ1) is 11.5. The lowest BCUT2D eigenvalue weighted by atomic mass is 9.71. The number of aldehydes is 1. The number of allylic oxidation sites excluding steroid dienone is 2. The second kappa shape index (κ2) is 3.23. The maximum Gasteiger partial charge on any atom is 0.145 e. The molecule has 1 saturated heterocycles. The minimum Gasteiger partial charge on any atom is -0.362 e. The molecule has 0 N–H and O–H groups in total. The molecule has 1 spiro atoms. The Hall–Kier alpha value is -0.630. The van der Waals surface area contributed by atoms with Crippen molar-refractivity contribution in [3.8, 4) is 0 Å². The number of carbonyl (C=O) groups is 1. The summed E-state index contributed by atoms with van der Waals surface area (Å²) in [5.74, 6) is 0.585. The highest BCUT2D eigenvalue weighted by molar-refractivity contribution is 5.73. The quantitative estimate of drug-likeness (QED) is 0.542. The van der Waals surface area contributed by atoms with Gasteiger partial charge in [0.2, 0.25) is 0 Å². The number of ether oxygens (including phenoxy) is 1. The van der Waals surface area contributed by atoms with Gasteiger partial charge in [0.15, 0.2) is 0 Å². The van der Waals surface area contributed by atoms with Crippen LogP contribution in [0.25, 0.3) is 0 Å². The van der Waals surface area contributed by atoms with E-state index in [1.807, 2.05) is 0 Å². The van der Waals surface area contributed by atoms with E-state index in [-0.39, 0.29) is 16.6 Å². The SMILES string of the molecule is CC(C)[C@@]12CC[C@]3(C)CC=C(C=O)CC[C@]31O2. The fourth-order valence-corrected chi connectivity index (χ4v) is 4.43. The molecule has 0 amide bonds. The van der Waals surface area contributed by atoms with E-state index in [4.69, 9.17) is 4.74 Å². The van der Waals surface area contributed by atoms with Crippen LogP contribution in [0.4, 0.5) is 0 Å². The number of hydrogen-bond acceptors (Lipinski definition) is 2. The molecule has 1 aliphatic heterocycles. The van der Waals surface area contributed by atoms with Gasteiger partial charge in [-0.25, -0.2) is 0 Å². The van der Waals surface area contributed by atoms with Gasteiger partial charge in [-0.3, -0.25) is 4.79 Å². The van der Waals surface area contributed by atoms with Gasteiger partial charge in [-0.15, -0.1) is 0 Å². The van der Waals surface area contributed by atoms with Gasteiger partial charge in [0.1, 0.15) is 17.5 Å². The molecule has 2 heteroatoms. The van der Waals surface area contributed by atoms with E-state index >= 15 is 0 Å². The van der Waals surface area contributed by atoms with Crippen molar-refractivity contribution in [3.05, 3.63) is 11.6 Å². The fraction of sp³-hybridized carbons (Fsp3) is 0.800. The van der Waals surface area contributed by atoms with E-state index in [0.29, 0.717) is 5.92 Å². The molecule has 0 unspecified atom stereocenters. The molecule has 94 valence electrons. The van der Waals surface area contributed by atoms with E-state index in [9.17, 15) is 4.79 Å². The van der Waals surface area contributed by atoms with Gasteiger partial charge < -0.3 is 4.74 Å². The van der Waals surface area contributed by atoms with Gasteiger partial charge >= 0.3 is 0 Å². The van der Waals surface area contributed by atoms with Crippen LogP contribution in [0, 0.1) is 11.3 Å². The van der Waals surface area contributed by atoms with Crippen LogP contribution in [0.2, 0.25) is 0 Å². The number of epoxide rings is 1. The van der Waals surface area contributed by atoms with Crippen molar-refractivity contribution < 1.29 is 9.53 Å². The minimum absolute atomic E-state index is 0.0649. The Morgan fingerprint density at radius 2 is 2.12 bits per heavy atom. The zero-order valence-electron chi connectivity index (χ0n) is 11.1. The molecule has 2 nitrogen and oxygen atoms in total. The topological polar surface area (TPSA) is 29.6 Å². The van der Waals surface area contributed by atoms with Crippen LogP contribution in [0.3, 0.4) is 0 Å². The highest BCUT2D eigenvalue weighted by atomic mass is 16.6. The zero-order chi connectivity index (χ0) is 12.3.